The fraction of sp³-hybridized carbons (Fsp3) is 0.300. The first kappa shape index (κ1) is 18.9. The van der Waals surface area contributed by atoms with E-state index in [1.165, 1.54) is 12.1 Å². The number of rotatable bonds is 3. The highest BCUT2D eigenvalue weighted by atomic mass is 19.4. The van der Waals surface area contributed by atoms with E-state index in [0.29, 0.717) is 29.5 Å². The van der Waals surface area contributed by atoms with Gasteiger partial charge in [0.25, 0.3) is 0 Å². The lowest BCUT2D eigenvalue weighted by atomic mass is 9.76. The highest BCUT2D eigenvalue weighted by Gasteiger charge is 2.34. The van der Waals surface area contributed by atoms with Gasteiger partial charge >= 0.3 is 6.36 Å². The number of ether oxygens (including phenoxy) is 1. The summed E-state index contributed by atoms with van der Waals surface area (Å²) in [6.07, 6.45) is -3.99. The van der Waals surface area contributed by atoms with Crippen molar-refractivity contribution >= 4 is 17.9 Å². The Hall–Kier alpha value is -2.83. The molecule has 1 aliphatic heterocycles. The minimum atomic E-state index is -4.87. The van der Waals surface area contributed by atoms with Crippen LogP contribution in [0.15, 0.2) is 30.3 Å². The maximum atomic E-state index is 12.8. The minimum Gasteiger partial charge on any atom is -0.405 e. The van der Waals surface area contributed by atoms with Gasteiger partial charge in [0.15, 0.2) is 0 Å². The van der Waals surface area contributed by atoms with Crippen molar-refractivity contribution in [2.75, 3.05) is 5.32 Å². The Morgan fingerprint density at radius 1 is 1.15 bits per heavy atom. The van der Waals surface area contributed by atoms with E-state index in [4.69, 9.17) is 0 Å². The Kier molecular flexibility index (Phi) is 4.49. The first-order chi connectivity index (χ1) is 12.5. The number of carbonyl (C=O) groups is 2. The van der Waals surface area contributed by atoms with Gasteiger partial charge < -0.3 is 10.1 Å². The lowest BCUT2D eigenvalue weighted by molar-refractivity contribution is -0.274. The molecule has 1 aliphatic rings. The third-order valence-electron chi connectivity index (χ3n) is 4.63. The van der Waals surface area contributed by atoms with Gasteiger partial charge in [-0.3, -0.25) is 9.59 Å². The number of benzene rings is 2. The number of hydrogen-bond acceptors (Lipinski definition) is 3. The van der Waals surface area contributed by atoms with Crippen LogP contribution in [0.1, 0.15) is 41.8 Å². The quantitative estimate of drug-likeness (QED) is 0.767. The minimum absolute atomic E-state index is 0.134. The highest BCUT2D eigenvalue weighted by molar-refractivity contribution is 5.97. The molecule has 7 heteroatoms. The monoisotopic (exact) mass is 377 g/mol. The summed E-state index contributed by atoms with van der Waals surface area (Å²) in [6.45, 7) is 5.65. The van der Waals surface area contributed by atoms with E-state index in [1.54, 1.807) is 13.0 Å². The van der Waals surface area contributed by atoms with E-state index in [-0.39, 0.29) is 17.0 Å². The van der Waals surface area contributed by atoms with Crippen LogP contribution in [0.4, 0.5) is 18.9 Å². The maximum Gasteiger partial charge on any atom is 0.573 e. The fourth-order valence-electron chi connectivity index (χ4n) is 3.40. The van der Waals surface area contributed by atoms with Crippen LogP contribution in [-0.4, -0.2) is 18.6 Å². The van der Waals surface area contributed by atoms with Crippen LogP contribution in [0, 0.1) is 6.92 Å². The highest BCUT2D eigenvalue weighted by Crippen LogP contribution is 2.43. The van der Waals surface area contributed by atoms with Crippen molar-refractivity contribution < 1.29 is 27.5 Å². The number of halogens is 3. The second kappa shape index (κ2) is 6.40. The van der Waals surface area contributed by atoms with Crippen LogP contribution in [0.5, 0.6) is 5.75 Å². The van der Waals surface area contributed by atoms with Crippen molar-refractivity contribution in [3.8, 4) is 16.9 Å². The molecule has 1 heterocycles. The lowest BCUT2D eigenvalue weighted by Crippen LogP contribution is -2.32. The molecule has 27 heavy (non-hydrogen) atoms. The molecular weight excluding hydrogens is 359 g/mol. The predicted octanol–water partition coefficient (Wildman–Crippen LogP) is 4.99. The first-order valence-corrected chi connectivity index (χ1v) is 8.30. The molecule has 0 bridgehead atoms. The summed E-state index contributed by atoms with van der Waals surface area (Å²) in [7, 11) is 0. The van der Waals surface area contributed by atoms with Crippen molar-refractivity contribution in [2.24, 2.45) is 0 Å². The Labute approximate surface area is 154 Å². The number of aldehydes is 1. The van der Waals surface area contributed by atoms with Gasteiger partial charge in [0.1, 0.15) is 12.0 Å². The number of nitrogens with one attached hydrogen (secondary N) is 1. The van der Waals surface area contributed by atoms with Crippen molar-refractivity contribution in [1.29, 1.82) is 0 Å². The molecule has 1 amide bonds. The van der Waals surface area contributed by atoms with E-state index in [0.717, 1.165) is 11.6 Å². The first-order valence-electron chi connectivity index (χ1n) is 8.30. The van der Waals surface area contributed by atoms with Gasteiger partial charge in [-0.2, -0.15) is 0 Å². The van der Waals surface area contributed by atoms with Crippen molar-refractivity contribution in [1.82, 2.24) is 0 Å². The SMILES string of the molecule is Cc1cc2c(cc1-c1cc(C=O)ccc1OC(F)(F)F)NC(=O)CC2(C)C. The summed E-state index contributed by atoms with van der Waals surface area (Å²) in [6, 6.07) is 7.22. The fourth-order valence-corrected chi connectivity index (χ4v) is 3.40. The predicted molar refractivity (Wildman–Crippen MR) is 95.0 cm³/mol. The zero-order chi connectivity index (χ0) is 20.0. The Bertz CT molecular complexity index is 933. The summed E-state index contributed by atoms with van der Waals surface area (Å²) in [5, 5.41) is 2.78. The number of anilines is 1. The van der Waals surface area contributed by atoms with Gasteiger partial charge in [-0.15, -0.1) is 13.2 Å². The van der Waals surface area contributed by atoms with Crippen molar-refractivity contribution in [3.63, 3.8) is 0 Å². The second-order valence-electron chi connectivity index (χ2n) is 7.24. The van der Waals surface area contributed by atoms with Gasteiger partial charge in [-0.1, -0.05) is 19.9 Å². The largest absolute Gasteiger partial charge is 0.573 e. The number of fused-ring (bicyclic) bond motifs is 1. The lowest BCUT2D eigenvalue weighted by Gasteiger charge is -2.33. The van der Waals surface area contributed by atoms with Crippen LogP contribution >= 0.6 is 0 Å². The normalized spacial score (nSPS) is 15.7. The van der Waals surface area contributed by atoms with Crippen LogP contribution < -0.4 is 10.1 Å². The molecule has 0 unspecified atom stereocenters. The molecule has 2 aromatic carbocycles. The van der Waals surface area contributed by atoms with E-state index in [9.17, 15) is 22.8 Å². The maximum absolute atomic E-state index is 12.8. The summed E-state index contributed by atoms with van der Waals surface area (Å²) in [5.41, 5.74) is 2.59. The Balaban J connectivity index is 2.21. The van der Waals surface area contributed by atoms with Crippen molar-refractivity contribution in [3.05, 3.63) is 47.0 Å². The molecule has 4 nitrogen and oxygen atoms in total. The summed E-state index contributed by atoms with van der Waals surface area (Å²) >= 11 is 0. The molecule has 0 aliphatic carbocycles. The average Bonchev–Trinajstić information content (AvgIpc) is 2.53. The molecule has 142 valence electrons. The molecule has 1 N–H and O–H groups in total. The Morgan fingerprint density at radius 2 is 1.85 bits per heavy atom. The number of hydrogen-bond donors (Lipinski definition) is 1. The van der Waals surface area contributed by atoms with E-state index >= 15 is 0 Å². The molecule has 0 fully saturated rings. The van der Waals surface area contributed by atoms with Crippen LogP contribution in [0.2, 0.25) is 0 Å². The van der Waals surface area contributed by atoms with Crippen LogP contribution in [-0.2, 0) is 10.2 Å². The smallest absolute Gasteiger partial charge is 0.405 e. The van der Waals surface area contributed by atoms with Crippen molar-refractivity contribution in [2.45, 2.75) is 39.0 Å². The summed E-state index contributed by atoms with van der Waals surface area (Å²) in [5.74, 6) is -0.562. The molecule has 2 aromatic rings. The van der Waals surface area contributed by atoms with Gasteiger partial charge in [-0.25, -0.2) is 0 Å². The third kappa shape index (κ3) is 3.82. The molecule has 0 aromatic heterocycles. The standard InChI is InChI=1S/C20H18F3NO3/c1-11-6-15-16(24-18(26)9-19(15,2)3)8-13(11)14-7-12(10-25)4-5-17(14)27-20(21,22)23/h4-8,10H,9H2,1-3H3,(H,24,26). The molecule has 0 atom stereocenters. The number of aryl methyl sites for hydroxylation is 1. The molecule has 3 rings (SSSR count). The molecule has 0 saturated carbocycles. The van der Waals surface area contributed by atoms with Crippen LogP contribution in [0.25, 0.3) is 11.1 Å². The molecular formula is C20H18F3NO3. The van der Waals surface area contributed by atoms with E-state index in [2.05, 4.69) is 10.1 Å². The topological polar surface area (TPSA) is 55.4 Å². The van der Waals surface area contributed by atoms with Gasteiger partial charge in [-0.05, 0) is 47.9 Å². The zero-order valence-corrected chi connectivity index (χ0v) is 15.0. The summed E-state index contributed by atoms with van der Waals surface area (Å²) in [4.78, 5) is 23.1. The third-order valence-corrected chi connectivity index (χ3v) is 4.63. The van der Waals surface area contributed by atoms with Crippen LogP contribution in [0.3, 0.4) is 0 Å². The van der Waals surface area contributed by atoms with Gasteiger partial charge in [0.2, 0.25) is 5.91 Å². The van der Waals surface area contributed by atoms with E-state index < -0.39 is 17.5 Å². The number of alkyl halides is 3. The molecule has 0 radical (unpaired) electrons. The van der Waals surface area contributed by atoms with E-state index in [1.807, 2.05) is 19.9 Å². The average molecular weight is 377 g/mol. The van der Waals surface area contributed by atoms with Gasteiger partial charge in [0, 0.05) is 28.7 Å². The number of amides is 1. The second-order valence-corrected chi connectivity index (χ2v) is 7.24. The zero-order valence-electron chi connectivity index (χ0n) is 15.0. The summed E-state index contributed by atoms with van der Waals surface area (Å²) < 4.78 is 42.5. The van der Waals surface area contributed by atoms with Gasteiger partial charge in [0.05, 0.1) is 0 Å². The molecule has 0 saturated heterocycles. The Morgan fingerprint density at radius 3 is 2.48 bits per heavy atom. The molecule has 0 spiro atoms. The number of carbonyl (C=O) groups excluding carboxylic acids is 2.